The summed E-state index contributed by atoms with van der Waals surface area (Å²) in [4.78, 5) is 12.2. The quantitative estimate of drug-likeness (QED) is 0.869. The maximum atomic E-state index is 12.8. The van der Waals surface area contributed by atoms with Crippen molar-refractivity contribution in [1.82, 2.24) is 5.32 Å². The van der Waals surface area contributed by atoms with E-state index in [1.54, 1.807) is 0 Å². The summed E-state index contributed by atoms with van der Waals surface area (Å²) in [5.74, 6) is 0.846. The third-order valence-corrected chi connectivity index (χ3v) is 6.05. The van der Waals surface area contributed by atoms with Gasteiger partial charge >= 0.3 is 12.7 Å². The normalized spacial score (nSPS) is 35.8. The van der Waals surface area contributed by atoms with Crippen molar-refractivity contribution < 1.29 is 23.0 Å². The van der Waals surface area contributed by atoms with Gasteiger partial charge in [0.2, 0.25) is 0 Å². The van der Waals surface area contributed by atoms with Crippen LogP contribution in [0.2, 0.25) is 0 Å². The van der Waals surface area contributed by atoms with Crippen LogP contribution in [-0.4, -0.2) is 24.3 Å². The van der Waals surface area contributed by atoms with Crippen LogP contribution >= 0.6 is 0 Å². The molecule has 0 aliphatic heterocycles. The van der Waals surface area contributed by atoms with Crippen molar-refractivity contribution in [3.8, 4) is 0 Å². The molecule has 6 heteroatoms. The lowest BCUT2D eigenvalue weighted by molar-refractivity contribution is -0.260. The van der Waals surface area contributed by atoms with Gasteiger partial charge in [0.15, 0.2) is 0 Å². The minimum Gasteiger partial charge on any atom is -0.445 e. The Morgan fingerprint density at radius 2 is 1.84 bits per heavy atom. The zero-order valence-electron chi connectivity index (χ0n) is 14.0. The number of alkyl halides is 2. The molecule has 1 N–H and O–H groups in total. The van der Waals surface area contributed by atoms with Crippen molar-refractivity contribution in [3.05, 3.63) is 35.9 Å². The first kappa shape index (κ1) is 16.8. The topological polar surface area (TPSA) is 47.6 Å². The maximum Gasteiger partial charge on any atom is 0.407 e. The average Bonchev–Trinajstić information content (AvgIpc) is 2.55. The van der Waals surface area contributed by atoms with Gasteiger partial charge in [-0.2, -0.15) is 8.78 Å². The monoisotopic (exact) mass is 351 g/mol. The Bertz CT molecular complexity index is 604. The highest BCUT2D eigenvalue weighted by atomic mass is 19.3. The number of amides is 1. The minimum atomic E-state index is -2.72. The van der Waals surface area contributed by atoms with Gasteiger partial charge < -0.3 is 14.8 Å². The highest BCUT2D eigenvalue weighted by Crippen LogP contribution is 2.57. The molecule has 0 saturated heterocycles. The summed E-state index contributed by atoms with van der Waals surface area (Å²) in [5.41, 5.74) is 0.253. The van der Waals surface area contributed by atoms with Crippen LogP contribution in [-0.2, 0) is 16.1 Å². The summed E-state index contributed by atoms with van der Waals surface area (Å²) in [5, 5.41) is 3.00. The van der Waals surface area contributed by atoms with Crippen molar-refractivity contribution in [2.75, 3.05) is 0 Å². The minimum absolute atomic E-state index is 0.00854. The van der Waals surface area contributed by atoms with Gasteiger partial charge in [-0.05, 0) is 55.4 Å². The van der Waals surface area contributed by atoms with Crippen LogP contribution in [0.15, 0.2) is 30.3 Å². The Morgan fingerprint density at radius 1 is 1.16 bits per heavy atom. The first-order valence-corrected chi connectivity index (χ1v) is 8.96. The van der Waals surface area contributed by atoms with E-state index >= 15 is 0 Å². The van der Waals surface area contributed by atoms with Gasteiger partial charge in [0.1, 0.15) is 6.61 Å². The average molecular weight is 351 g/mol. The molecular weight excluding hydrogens is 328 g/mol. The molecule has 4 aliphatic carbocycles. The van der Waals surface area contributed by atoms with Crippen LogP contribution in [0.3, 0.4) is 0 Å². The second-order valence-electron chi connectivity index (χ2n) is 7.76. The van der Waals surface area contributed by atoms with E-state index in [1.165, 1.54) is 0 Å². The van der Waals surface area contributed by atoms with Gasteiger partial charge in [-0.3, -0.25) is 0 Å². The van der Waals surface area contributed by atoms with Crippen LogP contribution in [0.5, 0.6) is 0 Å². The largest absolute Gasteiger partial charge is 0.445 e. The molecule has 4 fully saturated rings. The molecule has 0 heterocycles. The molecular formula is C19H23F2NO3. The number of hydrogen-bond acceptors (Lipinski definition) is 3. The fraction of sp³-hybridized carbons (Fsp3) is 0.632. The predicted octanol–water partition coefficient (Wildman–Crippen LogP) is 4.10. The summed E-state index contributed by atoms with van der Waals surface area (Å²) in [7, 11) is 0. The lowest BCUT2D eigenvalue weighted by Gasteiger charge is -2.59. The second-order valence-corrected chi connectivity index (χ2v) is 7.76. The van der Waals surface area contributed by atoms with Gasteiger partial charge in [0, 0.05) is 6.04 Å². The fourth-order valence-electron chi connectivity index (χ4n) is 5.42. The van der Waals surface area contributed by atoms with Crippen LogP contribution in [0.25, 0.3) is 0 Å². The molecule has 1 aromatic rings. The molecule has 4 nitrogen and oxygen atoms in total. The summed E-state index contributed by atoms with van der Waals surface area (Å²) < 4.78 is 36.0. The molecule has 4 bridgehead atoms. The molecule has 25 heavy (non-hydrogen) atoms. The first-order valence-electron chi connectivity index (χ1n) is 8.96. The van der Waals surface area contributed by atoms with Gasteiger partial charge in [-0.1, -0.05) is 30.3 Å². The lowest BCUT2D eigenvalue weighted by atomic mass is 9.52. The fourth-order valence-corrected chi connectivity index (χ4v) is 5.42. The maximum absolute atomic E-state index is 12.8. The van der Waals surface area contributed by atoms with Crippen molar-refractivity contribution in [2.45, 2.75) is 57.0 Å². The predicted molar refractivity (Wildman–Crippen MR) is 86.9 cm³/mol. The summed E-state index contributed by atoms with van der Waals surface area (Å²) in [6, 6.07) is 9.53. The molecule has 1 amide bonds. The SMILES string of the molecule is O=C(NC1[C@@H]2CC3C[C@H]1CC(OC(F)F)(C3)C2)OCc1ccccc1. The van der Waals surface area contributed by atoms with Crippen LogP contribution in [0.1, 0.15) is 37.7 Å². The Labute approximate surface area is 145 Å². The standard InChI is InChI=1S/C19H23F2NO3/c20-17(21)25-19-8-13-6-14(9-19)16(15(7-13)10-19)22-18(23)24-11-12-4-2-1-3-5-12/h1-5,13-17H,6-11H2,(H,22,23)/t13?,14-,15+,16?,19?. The third kappa shape index (κ3) is 3.50. The van der Waals surface area contributed by atoms with Crippen molar-refractivity contribution in [3.63, 3.8) is 0 Å². The summed E-state index contributed by atoms with van der Waals surface area (Å²) >= 11 is 0. The molecule has 3 unspecified atom stereocenters. The van der Waals surface area contributed by atoms with Gasteiger partial charge in [0.05, 0.1) is 5.60 Å². The first-order chi connectivity index (χ1) is 12.0. The molecule has 136 valence electrons. The molecule has 0 radical (unpaired) electrons. The summed E-state index contributed by atoms with van der Waals surface area (Å²) in [6.45, 7) is -2.49. The van der Waals surface area contributed by atoms with Crippen LogP contribution in [0.4, 0.5) is 13.6 Å². The Kier molecular flexibility index (Phi) is 4.40. The van der Waals surface area contributed by atoms with Crippen molar-refractivity contribution in [1.29, 1.82) is 0 Å². The number of benzene rings is 1. The lowest BCUT2D eigenvalue weighted by Crippen LogP contribution is -2.62. The van der Waals surface area contributed by atoms with Gasteiger partial charge in [-0.25, -0.2) is 4.79 Å². The smallest absolute Gasteiger partial charge is 0.407 e. The molecule has 5 rings (SSSR count). The van der Waals surface area contributed by atoms with Crippen LogP contribution < -0.4 is 5.32 Å². The molecule has 1 aromatic carbocycles. The highest BCUT2D eigenvalue weighted by molar-refractivity contribution is 5.67. The Hall–Kier alpha value is -1.69. The zero-order valence-corrected chi connectivity index (χ0v) is 14.0. The molecule has 4 aliphatic rings. The molecule has 0 aromatic heterocycles. The van der Waals surface area contributed by atoms with E-state index in [1.807, 2.05) is 30.3 Å². The molecule has 5 atom stereocenters. The molecule has 0 spiro atoms. The van der Waals surface area contributed by atoms with E-state index in [2.05, 4.69) is 5.32 Å². The van der Waals surface area contributed by atoms with Gasteiger partial charge in [-0.15, -0.1) is 0 Å². The highest BCUT2D eigenvalue weighted by Gasteiger charge is 2.57. The summed E-state index contributed by atoms with van der Waals surface area (Å²) in [6.07, 6.45) is 3.48. The van der Waals surface area contributed by atoms with Crippen molar-refractivity contribution >= 4 is 6.09 Å². The van der Waals surface area contributed by atoms with Crippen molar-refractivity contribution in [2.24, 2.45) is 17.8 Å². The molecule has 4 saturated carbocycles. The van der Waals surface area contributed by atoms with E-state index < -0.39 is 18.3 Å². The zero-order chi connectivity index (χ0) is 17.4. The number of nitrogens with one attached hydrogen (secondary N) is 1. The Morgan fingerprint density at radius 3 is 2.48 bits per heavy atom. The van der Waals surface area contributed by atoms with E-state index in [4.69, 9.17) is 9.47 Å². The van der Waals surface area contributed by atoms with E-state index in [9.17, 15) is 13.6 Å². The van der Waals surface area contributed by atoms with E-state index in [0.717, 1.165) is 24.8 Å². The third-order valence-electron chi connectivity index (χ3n) is 6.05. The number of carbonyl (C=O) groups excluding carboxylic acids is 1. The number of carbonyl (C=O) groups is 1. The van der Waals surface area contributed by atoms with Crippen LogP contribution in [0, 0.1) is 17.8 Å². The second kappa shape index (κ2) is 6.56. The van der Waals surface area contributed by atoms with E-state index in [-0.39, 0.29) is 24.5 Å². The number of ether oxygens (including phenoxy) is 2. The van der Waals surface area contributed by atoms with Gasteiger partial charge in [0.25, 0.3) is 0 Å². The number of rotatable bonds is 5. The van der Waals surface area contributed by atoms with E-state index in [0.29, 0.717) is 18.8 Å². The Balaban J connectivity index is 1.36. The number of alkyl carbamates (subject to hydrolysis) is 1. The number of halogens is 2. The number of hydrogen-bond donors (Lipinski definition) is 1.